The van der Waals surface area contributed by atoms with E-state index < -0.39 is 0 Å². The van der Waals surface area contributed by atoms with E-state index in [1.165, 1.54) is 5.69 Å². The minimum atomic E-state index is 0.342. The molecule has 22 heavy (non-hydrogen) atoms. The number of guanidine groups is 1. The molecule has 0 amide bonds. The topological polar surface area (TPSA) is 56.9 Å². The number of nitrogens with zero attached hydrogens (tertiary/aromatic N) is 3. The van der Waals surface area contributed by atoms with Crippen molar-refractivity contribution in [3.8, 4) is 0 Å². The lowest BCUT2D eigenvalue weighted by Crippen LogP contribution is -2.46. The van der Waals surface area contributed by atoms with E-state index in [4.69, 9.17) is 5.73 Å². The van der Waals surface area contributed by atoms with Crippen LogP contribution in [-0.2, 0) is 0 Å². The Labute approximate surface area is 134 Å². The summed E-state index contributed by atoms with van der Waals surface area (Å²) in [7, 11) is 0. The molecule has 2 rings (SSSR count). The molecule has 0 bridgehead atoms. The van der Waals surface area contributed by atoms with Crippen LogP contribution in [0.4, 0.5) is 5.69 Å². The molecule has 5 nitrogen and oxygen atoms in total. The first kappa shape index (κ1) is 16.6. The number of anilines is 1. The SMILES string of the molecule is CC(C)NC(N)=NCCCN1CCN(c2ccccc2)CC1. The smallest absolute Gasteiger partial charge is 0.188 e. The van der Waals surface area contributed by atoms with Crippen LogP contribution in [0.2, 0.25) is 0 Å². The molecular weight excluding hydrogens is 274 g/mol. The Bertz CT molecular complexity index is 449. The lowest BCUT2D eigenvalue weighted by Gasteiger charge is -2.36. The summed E-state index contributed by atoms with van der Waals surface area (Å²) in [5.41, 5.74) is 7.13. The van der Waals surface area contributed by atoms with Crippen LogP contribution >= 0.6 is 0 Å². The Balaban J connectivity index is 1.64. The molecule has 3 N–H and O–H groups in total. The van der Waals surface area contributed by atoms with E-state index in [1.807, 2.05) is 0 Å². The molecule has 0 saturated carbocycles. The molecule has 5 heteroatoms. The molecule has 1 aromatic rings. The average Bonchev–Trinajstić information content (AvgIpc) is 2.52. The molecule has 1 aliphatic rings. The van der Waals surface area contributed by atoms with Gasteiger partial charge < -0.3 is 16.0 Å². The van der Waals surface area contributed by atoms with Crippen LogP contribution in [0, 0.1) is 0 Å². The van der Waals surface area contributed by atoms with Crippen LogP contribution in [0.3, 0.4) is 0 Å². The summed E-state index contributed by atoms with van der Waals surface area (Å²) in [6.07, 6.45) is 1.06. The molecule has 1 aromatic carbocycles. The van der Waals surface area contributed by atoms with E-state index >= 15 is 0 Å². The van der Waals surface area contributed by atoms with Gasteiger partial charge in [0.25, 0.3) is 0 Å². The monoisotopic (exact) mass is 303 g/mol. The maximum Gasteiger partial charge on any atom is 0.188 e. The third kappa shape index (κ3) is 5.56. The van der Waals surface area contributed by atoms with Gasteiger partial charge in [0.1, 0.15) is 0 Å². The van der Waals surface area contributed by atoms with Crippen molar-refractivity contribution < 1.29 is 0 Å². The molecular formula is C17H29N5. The molecule has 1 saturated heterocycles. The number of nitrogens with one attached hydrogen (secondary N) is 1. The summed E-state index contributed by atoms with van der Waals surface area (Å²) in [6, 6.07) is 11.0. The third-order valence-corrected chi connectivity index (χ3v) is 3.84. The van der Waals surface area contributed by atoms with Crippen LogP contribution in [0.5, 0.6) is 0 Å². The normalized spacial score (nSPS) is 17.0. The molecule has 0 aliphatic carbocycles. The average molecular weight is 303 g/mol. The molecule has 0 spiro atoms. The maximum absolute atomic E-state index is 5.80. The first-order valence-electron chi connectivity index (χ1n) is 8.24. The fourth-order valence-electron chi connectivity index (χ4n) is 2.70. The van der Waals surface area contributed by atoms with Crippen LogP contribution in [0.25, 0.3) is 0 Å². The zero-order valence-corrected chi connectivity index (χ0v) is 13.8. The number of rotatable bonds is 6. The van der Waals surface area contributed by atoms with E-state index in [1.54, 1.807) is 0 Å². The van der Waals surface area contributed by atoms with Crippen molar-refractivity contribution in [2.24, 2.45) is 10.7 Å². The Morgan fingerprint density at radius 3 is 2.50 bits per heavy atom. The summed E-state index contributed by atoms with van der Waals surface area (Å²) in [6.45, 7) is 10.5. The first-order valence-corrected chi connectivity index (χ1v) is 8.24. The standard InChI is InChI=1S/C17H29N5/c1-15(2)20-17(18)19-9-6-10-21-11-13-22(14-12-21)16-7-4-3-5-8-16/h3-5,7-8,15H,6,9-14H2,1-2H3,(H3,18,19,20). The van der Waals surface area contributed by atoms with Crippen molar-refractivity contribution in [2.45, 2.75) is 26.3 Å². The van der Waals surface area contributed by atoms with Gasteiger partial charge in [0.05, 0.1) is 0 Å². The van der Waals surface area contributed by atoms with Crippen molar-refractivity contribution in [1.82, 2.24) is 10.2 Å². The second kappa shape index (κ2) is 8.63. The summed E-state index contributed by atoms with van der Waals surface area (Å²) in [5, 5.41) is 3.11. The quantitative estimate of drug-likeness (QED) is 0.475. The molecule has 0 radical (unpaired) electrons. The van der Waals surface area contributed by atoms with Crippen molar-refractivity contribution in [3.05, 3.63) is 30.3 Å². The predicted molar refractivity (Wildman–Crippen MR) is 94.5 cm³/mol. The van der Waals surface area contributed by atoms with Crippen molar-refractivity contribution in [2.75, 3.05) is 44.2 Å². The minimum Gasteiger partial charge on any atom is -0.370 e. The summed E-state index contributed by atoms with van der Waals surface area (Å²) in [5.74, 6) is 0.559. The zero-order chi connectivity index (χ0) is 15.8. The number of para-hydroxylation sites is 1. The second-order valence-corrected chi connectivity index (χ2v) is 6.08. The number of piperazine rings is 1. The Hall–Kier alpha value is -1.75. The van der Waals surface area contributed by atoms with Gasteiger partial charge in [-0.25, -0.2) is 0 Å². The van der Waals surface area contributed by atoms with E-state index in [0.29, 0.717) is 12.0 Å². The molecule has 1 heterocycles. The highest BCUT2D eigenvalue weighted by Crippen LogP contribution is 2.15. The summed E-state index contributed by atoms with van der Waals surface area (Å²) >= 11 is 0. The van der Waals surface area contributed by atoms with Gasteiger partial charge in [-0.15, -0.1) is 0 Å². The molecule has 0 unspecified atom stereocenters. The Morgan fingerprint density at radius 1 is 1.18 bits per heavy atom. The fraction of sp³-hybridized carbons (Fsp3) is 0.588. The summed E-state index contributed by atoms with van der Waals surface area (Å²) in [4.78, 5) is 9.33. The van der Waals surface area contributed by atoms with Crippen molar-refractivity contribution in [1.29, 1.82) is 0 Å². The highest BCUT2D eigenvalue weighted by atomic mass is 15.3. The molecule has 1 fully saturated rings. The van der Waals surface area contributed by atoms with E-state index in [0.717, 1.165) is 45.7 Å². The predicted octanol–water partition coefficient (Wildman–Crippen LogP) is 1.51. The molecule has 1 aliphatic heterocycles. The second-order valence-electron chi connectivity index (χ2n) is 6.08. The summed E-state index contributed by atoms with van der Waals surface area (Å²) < 4.78 is 0. The first-order chi connectivity index (χ1) is 10.6. The number of hydrogen-bond acceptors (Lipinski definition) is 3. The minimum absolute atomic E-state index is 0.342. The van der Waals surface area contributed by atoms with Crippen LogP contribution in [-0.4, -0.2) is 56.2 Å². The van der Waals surface area contributed by atoms with E-state index in [-0.39, 0.29) is 0 Å². The van der Waals surface area contributed by atoms with Gasteiger partial charge in [-0.2, -0.15) is 0 Å². The lowest BCUT2D eigenvalue weighted by molar-refractivity contribution is 0.256. The number of hydrogen-bond donors (Lipinski definition) is 2. The fourth-order valence-corrected chi connectivity index (χ4v) is 2.70. The highest BCUT2D eigenvalue weighted by molar-refractivity contribution is 5.78. The maximum atomic E-state index is 5.80. The number of aliphatic imine (C=N–C) groups is 1. The van der Waals surface area contributed by atoms with Gasteiger partial charge in [0.2, 0.25) is 0 Å². The molecule has 0 atom stereocenters. The zero-order valence-electron chi connectivity index (χ0n) is 13.8. The van der Waals surface area contributed by atoms with Crippen LogP contribution in [0.15, 0.2) is 35.3 Å². The van der Waals surface area contributed by atoms with Gasteiger partial charge in [0, 0.05) is 51.0 Å². The Kier molecular flexibility index (Phi) is 6.52. The molecule has 122 valence electrons. The molecule has 0 aromatic heterocycles. The van der Waals surface area contributed by atoms with Crippen molar-refractivity contribution >= 4 is 11.6 Å². The number of nitrogens with two attached hydrogens (primary N) is 1. The Morgan fingerprint density at radius 2 is 1.86 bits per heavy atom. The van der Waals surface area contributed by atoms with Crippen LogP contribution < -0.4 is 16.0 Å². The van der Waals surface area contributed by atoms with Gasteiger partial charge in [0.15, 0.2) is 5.96 Å². The third-order valence-electron chi connectivity index (χ3n) is 3.84. The van der Waals surface area contributed by atoms with Gasteiger partial charge in [-0.3, -0.25) is 9.89 Å². The highest BCUT2D eigenvalue weighted by Gasteiger charge is 2.16. The van der Waals surface area contributed by atoms with E-state index in [2.05, 4.69) is 64.3 Å². The lowest BCUT2D eigenvalue weighted by atomic mass is 10.2. The van der Waals surface area contributed by atoms with Gasteiger partial charge in [-0.05, 0) is 32.4 Å². The van der Waals surface area contributed by atoms with E-state index in [9.17, 15) is 0 Å². The van der Waals surface area contributed by atoms with Crippen molar-refractivity contribution in [3.63, 3.8) is 0 Å². The number of benzene rings is 1. The largest absolute Gasteiger partial charge is 0.370 e. The van der Waals surface area contributed by atoms with Gasteiger partial charge >= 0.3 is 0 Å². The van der Waals surface area contributed by atoms with Crippen LogP contribution in [0.1, 0.15) is 20.3 Å². The van der Waals surface area contributed by atoms with Gasteiger partial charge in [-0.1, -0.05) is 18.2 Å².